The predicted octanol–water partition coefficient (Wildman–Crippen LogP) is 2.80. The summed E-state index contributed by atoms with van der Waals surface area (Å²) in [7, 11) is 0. The van der Waals surface area contributed by atoms with Gasteiger partial charge in [0.15, 0.2) is 0 Å². The molecule has 1 unspecified atom stereocenters. The fourth-order valence-electron chi connectivity index (χ4n) is 3.55. The van der Waals surface area contributed by atoms with Crippen LogP contribution in [0.2, 0.25) is 0 Å². The van der Waals surface area contributed by atoms with Crippen molar-refractivity contribution in [3.63, 3.8) is 0 Å². The molecule has 6 nitrogen and oxygen atoms in total. The average Bonchev–Trinajstić information content (AvgIpc) is 3.17. The van der Waals surface area contributed by atoms with Crippen molar-refractivity contribution in [2.45, 2.75) is 18.9 Å². The molecular weight excluding hydrogens is 354 g/mol. The predicted molar refractivity (Wildman–Crippen MR) is 101 cm³/mol. The van der Waals surface area contributed by atoms with Crippen LogP contribution in [0.1, 0.15) is 23.5 Å². The number of aliphatic hydroxyl groups is 1. The molecule has 1 saturated heterocycles. The third-order valence-corrected chi connectivity index (χ3v) is 4.91. The summed E-state index contributed by atoms with van der Waals surface area (Å²) < 4.78 is 5.65. The van der Waals surface area contributed by atoms with Crippen LogP contribution in [0.25, 0.3) is 0 Å². The van der Waals surface area contributed by atoms with Gasteiger partial charge in [0, 0.05) is 31.4 Å². The van der Waals surface area contributed by atoms with Crippen LogP contribution in [-0.2, 0) is 6.61 Å². The second kappa shape index (κ2) is 7.93. The van der Waals surface area contributed by atoms with Crippen molar-refractivity contribution in [1.29, 1.82) is 0 Å². The number of aromatic nitrogens is 1. The Kier molecular flexibility index (Phi) is 5.64. The van der Waals surface area contributed by atoms with Gasteiger partial charge in [0.25, 0.3) is 0 Å². The third-order valence-electron chi connectivity index (χ3n) is 4.91. The van der Waals surface area contributed by atoms with E-state index in [1.165, 1.54) is 5.56 Å². The highest BCUT2D eigenvalue weighted by molar-refractivity contribution is 5.94. The van der Waals surface area contributed by atoms with Gasteiger partial charge in [-0.25, -0.2) is 4.79 Å². The molecule has 1 aromatic carbocycles. The standard InChI is InChI=1S/C19H21N3O3.ClH/c23-13-14-3-4-18-17(10-14)22(8-9-25-18)19(24)21-7-5-16(12-21)15-2-1-6-20-11-15;/h1-4,6,10-11,16,23H,5,7-9,12-13H2;1H. The second-order valence-electron chi connectivity index (χ2n) is 6.46. The lowest BCUT2D eigenvalue weighted by Gasteiger charge is -2.33. The zero-order valence-electron chi connectivity index (χ0n) is 14.4. The molecular formula is C19H22ClN3O3. The number of fused-ring (bicyclic) bond motifs is 1. The molecule has 2 amide bonds. The van der Waals surface area contributed by atoms with E-state index in [1.54, 1.807) is 11.1 Å². The molecule has 7 heteroatoms. The van der Waals surface area contributed by atoms with E-state index in [0.717, 1.165) is 24.2 Å². The molecule has 0 spiro atoms. The van der Waals surface area contributed by atoms with Gasteiger partial charge in [-0.3, -0.25) is 9.88 Å². The maximum absolute atomic E-state index is 13.1. The van der Waals surface area contributed by atoms with Gasteiger partial charge in [0.2, 0.25) is 0 Å². The van der Waals surface area contributed by atoms with Crippen LogP contribution >= 0.6 is 12.4 Å². The minimum absolute atomic E-state index is 0. The van der Waals surface area contributed by atoms with E-state index < -0.39 is 0 Å². The minimum atomic E-state index is -0.0535. The van der Waals surface area contributed by atoms with E-state index in [9.17, 15) is 9.90 Å². The first-order chi connectivity index (χ1) is 12.3. The van der Waals surface area contributed by atoms with Gasteiger partial charge in [0.1, 0.15) is 12.4 Å². The van der Waals surface area contributed by atoms with E-state index in [-0.39, 0.29) is 25.0 Å². The largest absolute Gasteiger partial charge is 0.490 e. The number of ether oxygens (including phenoxy) is 1. The van der Waals surface area contributed by atoms with Crippen molar-refractivity contribution in [1.82, 2.24) is 9.88 Å². The molecule has 1 atom stereocenters. The Bertz CT molecular complexity index is 772. The Balaban J connectivity index is 0.00000196. The molecule has 138 valence electrons. The number of likely N-dealkylation sites (tertiary alicyclic amines) is 1. The fourth-order valence-corrected chi connectivity index (χ4v) is 3.55. The number of hydrogen-bond donors (Lipinski definition) is 1. The third kappa shape index (κ3) is 3.48. The van der Waals surface area contributed by atoms with Crippen LogP contribution in [0.4, 0.5) is 10.5 Å². The summed E-state index contributed by atoms with van der Waals surface area (Å²) in [5.41, 5.74) is 2.70. The lowest BCUT2D eigenvalue weighted by Crippen LogP contribution is -2.45. The first kappa shape index (κ1) is 18.5. The Morgan fingerprint density at radius 2 is 2.19 bits per heavy atom. The molecule has 1 N–H and O–H groups in total. The Morgan fingerprint density at radius 3 is 2.96 bits per heavy atom. The summed E-state index contributed by atoms with van der Waals surface area (Å²) in [5.74, 6) is 1.03. The van der Waals surface area contributed by atoms with E-state index in [2.05, 4.69) is 11.1 Å². The van der Waals surface area contributed by atoms with E-state index in [0.29, 0.717) is 31.4 Å². The normalized spacial score (nSPS) is 18.7. The van der Waals surface area contributed by atoms with Gasteiger partial charge in [-0.2, -0.15) is 0 Å². The van der Waals surface area contributed by atoms with Crippen molar-refractivity contribution in [2.24, 2.45) is 0 Å². The minimum Gasteiger partial charge on any atom is -0.490 e. The Morgan fingerprint density at radius 1 is 1.31 bits per heavy atom. The quantitative estimate of drug-likeness (QED) is 0.876. The van der Waals surface area contributed by atoms with Gasteiger partial charge < -0.3 is 14.7 Å². The van der Waals surface area contributed by atoms with Crippen LogP contribution in [-0.4, -0.2) is 47.3 Å². The van der Waals surface area contributed by atoms with Crippen molar-refractivity contribution in [2.75, 3.05) is 31.1 Å². The number of halogens is 1. The van der Waals surface area contributed by atoms with Crippen molar-refractivity contribution in [3.05, 3.63) is 53.9 Å². The van der Waals surface area contributed by atoms with Gasteiger partial charge >= 0.3 is 6.03 Å². The van der Waals surface area contributed by atoms with Crippen LogP contribution < -0.4 is 9.64 Å². The topological polar surface area (TPSA) is 65.9 Å². The Labute approximate surface area is 158 Å². The van der Waals surface area contributed by atoms with Crippen LogP contribution in [0.5, 0.6) is 5.75 Å². The Hall–Kier alpha value is -2.31. The number of benzene rings is 1. The lowest BCUT2D eigenvalue weighted by atomic mass is 10.0. The van der Waals surface area contributed by atoms with Gasteiger partial charge in [-0.1, -0.05) is 12.1 Å². The lowest BCUT2D eigenvalue weighted by molar-refractivity contribution is 0.209. The molecule has 0 radical (unpaired) electrons. The fraction of sp³-hybridized carbons (Fsp3) is 0.368. The number of carbonyl (C=O) groups excluding carboxylic acids is 1. The van der Waals surface area contributed by atoms with E-state index in [4.69, 9.17) is 4.74 Å². The number of amides is 2. The van der Waals surface area contributed by atoms with Crippen molar-refractivity contribution >= 4 is 24.1 Å². The molecule has 1 fully saturated rings. The second-order valence-corrected chi connectivity index (χ2v) is 6.46. The number of anilines is 1. The molecule has 0 saturated carbocycles. The summed E-state index contributed by atoms with van der Waals surface area (Å²) in [5, 5.41) is 9.38. The monoisotopic (exact) mass is 375 g/mol. The molecule has 2 aliphatic heterocycles. The number of rotatable bonds is 2. The van der Waals surface area contributed by atoms with Crippen LogP contribution in [0.3, 0.4) is 0 Å². The van der Waals surface area contributed by atoms with Crippen molar-refractivity contribution < 1.29 is 14.6 Å². The molecule has 4 rings (SSSR count). The first-order valence-corrected chi connectivity index (χ1v) is 8.59. The SMILES string of the molecule is Cl.O=C(N1CCC(c2cccnc2)C1)N1CCOc2ccc(CO)cc21. The van der Waals surface area contributed by atoms with E-state index in [1.807, 2.05) is 35.4 Å². The summed E-state index contributed by atoms with van der Waals surface area (Å²) in [6, 6.07) is 9.49. The number of aliphatic hydroxyl groups excluding tert-OH is 1. The van der Waals surface area contributed by atoms with Crippen molar-refractivity contribution in [3.8, 4) is 5.75 Å². The summed E-state index contributed by atoms with van der Waals surface area (Å²) in [6.07, 6.45) is 4.60. The number of carbonyl (C=O) groups is 1. The molecule has 2 aromatic rings. The molecule has 0 aliphatic carbocycles. The highest BCUT2D eigenvalue weighted by Gasteiger charge is 2.33. The summed E-state index contributed by atoms with van der Waals surface area (Å²) >= 11 is 0. The smallest absolute Gasteiger partial charge is 0.324 e. The van der Waals surface area contributed by atoms with Gasteiger partial charge in [-0.15, -0.1) is 12.4 Å². The molecule has 1 aromatic heterocycles. The van der Waals surface area contributed by atoms with Gasteiger partial charge in [-0.05, 0) is 35.7 Å². The average molecular weight is 376 g/mol. The summed E-state index contributed by atoms with van der Waals surface area (Å²) in [6.45, 7) is 2.40. The maximum atomic E-state index is 13.1. The molecule has 0 bridgehead atoms. The zero-order chi connectivity index (χ0) is 17.2. The molecule has 26 heavy (non-hydrogen) atoms. The molecule has 2 aliphatic rings. The van der Waals surface area contributed by atoms with Crippen LogP contribution in [0, 0.1) is 0 Å². The molecule has 3 heterocycles. The highest BCUT2D eigenvalue weighted by atomic mass is 35.5. The number of hydrogen-bond acceptors (Lipinski definition) is 4. The summed E-state index contributed by atoms with van der Waals surface area (Å²) in [4.78, 5) is 20.9. The maximum Gasteiger partial charge on any atom is 0.324 e. The van der Waals surface area contributed by atoms with Gasteiger partial charge in [0.05, 0.1) is 18.8 Å². The zero-order valence-corrected chi connectivity index (χ0v) is 15.2. The highest BCUT2D eigenvalue weighted by Crippen LogP contribution is 2.35. The number of urea groups is 1. The number of pyridine rings is 1. The number of nitrogens with zero attached hydrogens (tertiary/aromatic N) is 3. The van der Waals surface area contributed by atoms with E-state index >= 15 is 0 Å². The first-order valence-electron chi connectivity index (χ1n) is 8.59. The van der Waals surface area contributed by atoms with Crippen LogP contribution in [0.15, 0.2) is 42.7 Å².